The average Bonchev–Trinajstić information content (AvgIpc) is 3.80. The quantitative estimate of drug-likeness (QED) is 0.193. The lowest BCUT2D eigenvalue weighted by atomic mass is 9.98. The van der Waals surface area contributed by atoms with Gasteiger partial charge in [-0.3, -0.25) is 44.1 Å². The first-order valence-electron chi connectivity index (χ1n) is 19.6. The highest BCUT2D eigenvalue weighted by Gasteiger charge is 2.45. The topological polar surface area (TPSA) is 183 Å². The largest absolute Gasteiger partial charge is 0.496 e. The molecule has 7 heterocycles. The van der Waals surface area contributed by atoms with E-state index in [9.17, 15) is 24.0 Å². The maximum Gasteiger partial charge on any atom is 0.262 e. The Hall–Kier alpha value is -6.46. The summed E-state index contributed by atoms with van der Waals surface area (Å²) in [5.74, 6) is -0.662. The number of rotatable bonds is 11. The molecule has 4 amide bonds. The zero-order valence-corrected chi connectivity index (χ0v) is 32.9. The maximum atomic E-state index is 13.3. The number of pyridine rings is 2. The minimum Gasteiger partial charge on any atom is -0.496 e. The third-order valence-corrected chi connectivity index (χ3v) is 11.9. The molecule has 4 aliphatic heterocycles. The summed E-state index contributed by atoms with van der Waals surface area (Å²) >= 11 is 0. The van der Waals surface area contributed by atoms with Crippen molar-refractivity contribution in [2.24, 2.45) is 7.05 Å². The fraction of sp³-hybridized carbons (Fsp3) is 0.381. The lowest BCUT2D eigenvalue weighted by Gasteiger charge is -2.39. The zero-order valence-electron chi connectivity index (χ0n) is 32.9. The van der Waals surface area contributed by atoms with Crippen molar-refractivity contribution in [3.8, 4) is 22.6 Å². The van der Waals surface area contributed by atoms with Crippen LogP contribution in [0.1, 0.15) is 63.7 Å². The smallest absolute Gasteiger partial charge is 0.262 e. The molecule has 1 unspecified atom stereocenters. The first-order valence-corrected chi connectivity index (χ1v) is 19.6. The third kappa shape index (κ3) is 6.99. The molecule has 0 saturated carbocycles. The Bertz CT molecular complexity index is 2550. The standard InChI is InChI=1S/C42H43N9O8/c1-47-21-33(29-8-11-43-17-32(29)40(47)54)24-14-36(57-2)34(37(15-24)58-3)22-48-19-27(20-48)50-18-25(45-46-50)23-59-28-9-12-49(13-10-28)26-4-5-30-31(16-26)42(56)51(41(30)55)35-6-7-38(52)44-39(35)53/h4-5,8,11,14-18,21,27-28,35H,6-7,9-10,12-13,19-20,22-23H2,1-3H3,(H,44,52,53). The molecular formula is C42H43N9O8. The number of aryl methyl sites for hydroxylation is 1. The summed E-state index contributed by atoms with van der Waals surface area (Å²) in [6.07, 6.45) is 8.81. The molecule has 1 N–H and O–H groups in total. The van der Waals surface area contributed by atoms with Gasteiger partial charge < -0.3 is 23.7 Å². The Morgan fingerprint density at radius 3 is 2.32 bits per heavy atom. The fourth-order valence-corrected chi connectivity index (χ4v) is 8.60. The van der Waals surface area contributed by atoms with Gasteiger partial charge in [-0.25, -0.2) is 4.68 Å². The molecule has 9 rings (SSSR count). The molecule has 3 fully saturated rings. The minimum atomic E-state index is -0.993. The van der Waals surface area contributed by atoms with E-state index in [1.165, 1.54) is 0 Å². The van der Waals surface area contributed by atoms with Gasteiger partial charge in [0.2, 0.25) is 11.8 Å². The number of fused-ring (bicyclic) bond motifs is 2. The number of carbonyl (C=O) groups excluding carboxylic acids is 4. The molecular weight excluding hydrogens is 759 g/mol. The van der Waals surface area contributed by atoms with E-state index in [2.05, 4.69) is 30.4 Å². The average molecular weight is 802 g/mol. The normalized spacial score (nSPS) is 19.0. The van der Waals surface area contributed by atoms with Crippen molar-refractivity contribution in [2.45, 2.75) is 57.0 Å². The zero-order chi connectivity index (χ0) is 40.9. The Kier molecular flexibility index (Phi) is 9.92. The molecule has 1 atom stereocenters. The summed E-state index contributed by atoms with van der Waals surface area (Å²) in [7, 11) is 5.03. The number of hydrogen-bond acceptors (Lipinski definition) is 13. The van der Waals surface area contributed by atoms with E-state index in [0.29, 0.717) is 43.1 Å². The number of piperidine rings is 2. The van der Waals surface area contributed by atoms with Crippen LogP contribution in [0.4, 0.5) is 5.69 Å². The number of nitrogens with one attached hydrogen (secondary N) is 1. The molecule has 59 heavy (non-hydrogen) atoms. The second kappa shape index (κ2) is 15.4. The van der Waals surface area contributed by atoms with Crippen molar-refractivity contribution in [3.63, 3.8) is 0 Å². The number of amides is 4. The molecule has 0 radical (unpaired) electrons. The Morgan fingerprint density at radius 2 is 1.59 bits per heavy atom. The van der Waals surface area contributed by atoms with Crippen molar-refractivity contribution in [1.29, 1.82) is 0 Å². The van der Waals surface area contributed by atoms with E-state index in [1.807, 2.05) is 41.3 Å². The van der Waals surface area contributed by atoms with Gasteiger partial charge in [-0.05, 0) is 66.6 Å². The molecule has 304 valence electrons. The van der Waals surface area contributed by atoms with Crippen LogP contribution in [-0.4, -0.2) is 111 Å². The van der Waals surface area contributed by atoms with Crippen LogP contribution in [0.3, 0.4) is 0 Å². The van der Waals surface area contributed by atoms with Gasteiger partial charge in [-0.15, -0.1) is 5.10 Å². The van der Waals surface area contributed by atoms with E-state index in [1.54, 1.807) is 50.4 Å². The fourth-order valence-electron chi connectivity index (χ4n) is 8.60. The Labute approximate surface area is 338 Å². The second-order valence-corrected chi connectivity index (χ2v) is 15.5. The van der Waals surface area contributed by atoms with Gasteiger partial charge in [0.1, 0.15) is 23.2 Å². The van der Waals surface area contributed by atoms with Crippen LogP contribution in [0, 0.1) is 0 Å². The van der Waals surface area contributed by atoms with Crippen LogP contribution in [-0.2, 0) is 34.5 Å². The van der Waals surface area contributed by atoms with Crippen LogP contribution >= 0.6 is 0 Å². The lowest BCUT2D eigenvalue weighted by Crippen LogP contribution is -2.54. The SMILES string of the molecule is COc1cc(-c2cn(C)c(=O)c3cnccc23)cc(OC)c1CN1CC(n2cc(COC3CCN(c4ccc5c(c4)C(=O)N(C4CCC(=O)NC4=O)C5=O)CC3)nn2)C1. The van der Waals surface area contributed by atoms with E-state index >= 15 is 0 Å². The van der Waals surface area contributed by atoms with Gasteiger partial charge >= 0.3 is 0 Å². The number of aromatic nitrogens is 5. The number of likely N-dealkylation sites (tertiary alicyclic amines) is 1. The van der Waals surface area contributed by atoms with Crippen LogP contribution in [0.15, 0.2) is 66.0 Å². The predicted octanol–water partition coefficient (Wildman–Crippen LogP) is 2.85. The number of hydrogen-bond donors (Lipinski definition) is 1. The molecule has 17 nitrogen and oxygen atoms in total. The monoisotopic (exact) mass is 801 g/mol. The van der Waals surface area contributed by atoms with Crippen LogP contribution < -0.4 is 25.2 Å². The van der Waals surface area contributed by atoms with Crippen molar-refractivity contribution < 1.29 is 33.4 Å². The minimum absolute atomic E-state index is 0.0251. The van der Waals surface area contributed by atoms with Crippen LogP contribution in [0.2, 0.25) is 0 Å². The first kappa shape index (κ1) is 38.1. The Morgan fingerprint density at radius 1 is 0.847 bits per heavy atom. The van der Waals surface area contributed by atoms with Gasteiger partial charge in [0.15, 0.2) is 0 Å². The third-order valence-electron chi connectivity index (χ3n) is 11.9. The Balaban J connectivity index is 0.774. The summed E-state index contributed by atoms with van der Waals surface area (Å²) < 4.78 is 21.5. The summed E-state index contributed by atoms with van der Waals surface area (Å²) in [6.45, 7) is 3.90. The summed E-state index contributed by atoms with van der Waals surface area (Å²) in [5, 5.41) is 12.4. The van der Waals surface area contributed by atoms with E-state index < -0.39 is 29.7 Å². The van der Waals surface area contributed by atoms with E-state index in [-0.39, 0.29) is 41.7 Å². The van der Waals surface area contributed by atoms with Crippen molar-refractivity contribution >= 4 is 40.1 Å². The molecule has 0 spiro atoms. The number of benzene rings is 2. The van der Waals surface area contributed by atoms with Gasteiger partial charge in [-0.2, -0.15) is 0 Å². The van der Waals surface area contributed by atoms with Crippen LogP contribution in [0.5, 0.6) is 11.5 Å². The van der Waals surface area contributed by atoms with Gasteiger partial charge in [0, 0.05) is 76.0 Å². The summed E-state index contributed by atoms with van der Waals surface area (Å²) in [5.41, 5.74) is 4.70. The molecule has 2 aromatic carbocycles. The molecule has 5 aromatic rings. The molecule has 17 heteroatoms. The number of ether oxygens (including phenoxy) is 3. The van der Waals surface area contributed by atoms with E-state index in [4.69, 9.17) is 14.2 Å². The number of methoxy groups -OCH3 is 2. The molecule has 0 aliphatic carbocycles. The first-order chi connectivity index (χ1) is 28.6. The number of imide groups is 2. The molecule has 3 saturated heterocycles. The predicted molar refractivity (Wildman–Crippen MR) is 213 cm³/mol. The van der Waals surface area contributed by atoms with Crippen molar-refractivity contribution in [1.82, 2.24) is 39.7 Å². The van der Waals surface area contributed by atoms with Gasteiger partial charge in [-0.1, -0.05) is 5.21 Å². The van der Waals surface area contributed by atoms with Crippen molar-refractivity contribution in [2.75, 3.05) is 45.3 Å². The summed E-state index contributed by atoms with van der Waals surface area (Å²) in [6, 6.07) is 10.2. The highest BCUT2D eigenvalue weighted by atomic mass is 16.5. The lowest BCUT2D eigenvalue weighted by molar-refractivity contribution is -0.136. The maximum absolute atomic E-state index is 13.3. The van der Waals surface area contributed by atoms with Crippen LogP contribution in [0.25, 0.3) is 21.9 Å². The highest BCUT2D eigenvalue weighted by molar-refractivity contribution is 6.23. The molecule has 4 aliphatic rings. The molecule has 0 bridgehead atoms. The van der Waals surface area contributed by atoms with Gasteiger partial charge in [0.05, 0.1) is 61.2 Å². The number of carbonyl (C=O) groups is 4. The van der Waals surface area contributed by atoms with Crippen molar-refractivity contribution in [3.05, 3.63) is 93.9 Å². The number of anilines is 1. The second-order valence-electron chi connectivity index (χ2n) is 15.5. The van der Waals surface area contributed by atoms with Gasteiger partial charge in [0.25, 0.3) is 17.4 Å². The highest BCUT2D eigenvalue weighted by Crippen LogP contribution is 2.39. The number of nitrogens with zero attached hydrogens (tertiary/aromatic N) is 8. The van der Waals surface area contributed by atoms with E-state index in [0.717, 1.165) is 64.3 Å². The molecule has 3 aromatic heterocycles. The summed E-state index contributed by atoms with van der Waals surface area (Å²) in [4.78, 5) is 72.8.